The van der Waals surface area contributed by atoms with Crippen molar-refractivity contribution in [3.63, 3.8) is 0 Å². The second-order valence-corrected chi connectivity index (χ2v) is 8.80. The number of rotatable bonds is 5. The van der Waals surface area contributed by atoms with E-state index in [4.69, 9.17) is 12.2 Å². The number of benzene rings is 1. The maximum Gasteiger partial charge on any atom is 0.233 e. The molecule has 0 unspecified atom stereocenters. The SMILES string of the molecule is CC[C@H]1CCCCN1C(=O)CSc1nn(-c2ccc(F)cc2)c(=S)s1. The molecule has 0 spiro atoms. The highest BCUT2D eigenvalue weighted by molar-refractivity contribution is 8.01. The van der Waals surface area contributed by atoms with E-state index in [0.29, 0.717) is 15.7 Å². The molecule has 134 valence electrons. The molecular weight excluding hydrogens is 377 g/mol. The van der Waals surface area contributed by atoms with Crippen molar-refractivity contribution in [2.45, 2.75) is 43.0 Å². The van der Waals surface area contributed by atoms with Crippen molar-refractivity contribution in [1.82, 2.24) is 14.7 Å². The molecule has 2 aromatic rings. The topological polar surface area (TPSA) is 38.1 Å². The minimum atomic E-state index is -0.294. The molecule has 1 aromatic heterocycles. The summed E-state index contributed by atoms with van der Waals surface area (Å²) < 4.78 is 16.0. The number of carbonyl (C=O) groups excluding carboxylic acids is 1. The van der Waals surface area contributed by atoms with E-state index < -0.39 is 0 Å². The predicted octanol–water partition coefficient (Wildman–Crippen LogP) is 4.69. The smallest absolute Gasteiger partial charge is 0.233 e. The number of thioether (sulfide) groups is 1. The largest absolute Gasteiger partial charge is 0.339 e. The zero-order valence-electron chi connectivity index (χ0n) is 14.0. The number of aromatic nitrogens is 2. The summed E-state index contributed by atoms with van der Waals surface area (Å²) in [6.45, 7) is 3.00. The number of carbonyl (C=O) groups is 1. The molecule has 2 heterocycles. The first-order valence-corrected chi connectivity index (χ1v) is 10.6. The van der Waals surface area contributed by atoms with Crippen molar-refractivity contribution in [1.29, 1.82) is 0 Å². The molecule has 0 saturated carbocycles. The third-order valence-electron chi connectivity index (χ3n) is 4.34. The number of piperidine rings is 1. The third kappa shape index (κ3) is 4.48. The molecule has 0 bridgehead atoms. The van der Waals surface area contributed by atoms with Crippen LogP contribution in [-0.2, 0) is 4.79 Å². The molecule has 4 nitrogen and oxygen atoms in total. The molecule has 1 fully saturated rings. The van der Waals surface area contributed by atoms with Crippen molar-refractivity contribution in [3.05, 3.63) is 34.0 Å². The maximum absolute atomic E-state index is 13.1. The van der Waals surface area contributed by atoms with Gasteiger partial charge in [0.2, 0.25) is 5.91 Å². The van der Waals surface area contributed by atoms with E-state index in [9.17, 15) is 9.18 Å². The van der Waals surface area contributed by atoms with Crippen LogP contribution in [0.2, 0.25) is 0 Å². The summed E-state index contributed by atoms with van der Waals surface area (Å²) in [5.41, 5.74) is 0.725. The molecule has 25 heavy (non-hydrogen) atoms. The Bertz CT molecular complexity index is 787. The summed E-state index contributed by atoms with van der Waals surface area (Å²) in [7, 11) is 0. The van der Waals surface area contributed by atoms with Gasteiger partial charge >= 0.3 is 0 Å². The lowest BCUT2D eigenvalue weighted by Gasteiger charge is -2.35. The fraction of sp³-hybridized carbons (Fsp3) is 0.471. The number of likely N-dealkylation sites (tertiary alicyclic amines) is 1. The molecule has 1 amide bonds. The van der Waals surface area contributed by atoms with Gasteiger partial charge in [0, 0.05) is 12.6 Å². The molecule has 0 N–H and O–H groups in total. The van der Waals surface area contributed by atoms with Gasteiger partial charge in [-0.05, 0) is 62.2 Å². The predicted molar refractivity (Wildman–Crippen MR) is 103 cm³/mol. The number of hydrogen-bond donors (Lipinski definition) is 0. The Morgan fingerprint density at radius 3 is 2.88 bits per heavy atom. The molecule has 8 heteroatoms. The Labute approximate surface area is 160 Å². The van der Waals surface area contributed by atoms with Crippen LogP contribution in [-0.4, -0.2) is 38.9 Å². The van der Waals surface area contributed by atoms with Crippen molar-refractivity contribution >= 4 is 41.2 Å². The van der Waals surface area contributed by atoms with Gasteiger partial charge < -0.3 is 4.90 Å². The Morgan fingerprint density at radius 1 is 1.40 bits per heavy atom. The lowest BCUT2D eigenvalue weighted by Crippen LogP contribution is -2.44. The summed E-state index contributed by atoms with van der Waals surface area (Å²) in [6, 6.07) is 6.42. The van der Waals surface area contributed by atoms with E-state index in [-0.39, 0.29) is 11.7 Å². The van der Waals surface area contributed by atoms with Gasteiger partial charge in [0.05, 0.1) is 11.4 Å². The van der Waals surface area contributed by atoms with Crippen molar-refractivity contribution in [3.8, 4) is 5.69 Å². The van der Waals surface area contributed by atoms with E-state index in [0.717, 1.165) is 35.8 Å². The van der Waals surface area contributed by atoms with Crippen LogP contribution in [0, 0.1) is 9.77 Å². The Kier molecular flexibility index (Phi) is 6.24. The van der Waals surface area contributed by atoms with Gasteiger partial charge in [-0.3, -0.25) is 4.79 Å². The fourth-order valence-corrected chi connectivity index (χ4v) is 5.27. The Hall–Kier alpha value is -1.25. The zero-order valence-corrected chi connectivity index (χ0v) is 16.4. The summed E-state index contributed by atoms with van der Waals surface area (Å²) in [5.74, 6) is 0.256. The quantitative estimate of drug-likeness (QED) is 0.542. The summed E-state index contributed by atoms with van der Waals surface area (Å²) in [5, 5.41) is 4.47. The number of amides is 1. The lowest BCUT2D eigenvalue weighted by molar-refractivity contribution is -0.132. The van der Waals surface area contributed by atoms with E-state index in [2.05, 4.69) is 12.0 Å². The minimum absolute atomic E-state index is 0.172. The molecule has 3 rings (SSSR count). The van der Waals surface area contributed by atoms with Crippen LogP contribution in [0.15, 0.2) is 28.6 Å². The van der Waals surface area contributed by atoms with Gasteiger partial charge in [0.15, 0.2) is 8.29 Å². The molecule has 1 aromatic carbocycles. The summed E-state index contributed by atoms with van der Waals surface area (Å²) in [4.78, 5) is 14.6. The third-order valence-corrected chi connectivity index (χ3v) is 6.69. The van der Waals surface area contributed by atoms with Crippen LogP contribution in [0.3, 0.4) is 0 Å². The van der Waals surface area contributed by atoms with Crippen molar-refractivity contribution in [2.24, 2.45) is 0 Å². The molecule has 1 aliphatic heterocycles. The van der Waals surface area contributed by atoms with E-state index >= 15 is 0 Å². The average Bonchev–Trinajstić information content (AvgIpc) is 3.01. The maximum atomic E-state index is 13.1. The molecule has 1 saturated heterocycles. The van der Waals surface area contributed by atoms with Gasteiger partial charge in [0.1, 0.15) is 5.82 Å². The van der Waals surface area contributed by atoms with E-state index in [1.165, 1.54) is 41.7 Å². The summed E-state index contributed by atoms with van der Waals surface area (Å²) in [6.07, 6.45) is 4.41. The fourth-order valence-electron chi connectivity index (χ4n) is 3.02. The average molecular weight is 398 g/mol. The van der Waals surface area contributed by atoms with Crippen LogP contribution in [0.1, 0.15) is 32.6 Å². The standard InChI is InChI=1S/C17H20FN3OS3/c1-2-13-5-3-4-10-20(13)15(22)11-24-16-19-21(17(23)25-16)14-8-6-12(18)7-9-14/h6-9,13H,2-5,10-11H2,1H3/t13-/m0/s1. The first kappa shape index (κ1) is 18.5. The van der Waals surface area contributed by atoms with Gasteiger partial charge in [0.25, 0.3) is 0 Å². The molecule has 1 atom stereocenters. The van der Waals surface area contributed by atoms with E-state index in [1.807, 2.05) is 4.90 Å². The van der Waals surface area contributed by atoms with Crippen molar-refractivity contribution in [2.75, 3.05) is 12.3 Å². The van der Waals surface area contributed by atoms with Gasteiger partial charge in [-0.1, -0.05) is 30.0 Å². The van der Waals surface area contributed by atoms with Crippen molar-refractivity contribution < 1.29 is 9.18 Å². The normalized spacial score (nSPS) is 17.7. The monoisotopic (exact) mass is 397 g/mol. The molecule has 0 aliphatic carbocycles. The highest BCUT2D eigenvalue weighted by Gasteiger charge is 2.25. The highest BCUT2D eigenvalue weighted by atomic mass is 32.2. The second kappa shape index (κ2) is 8.42. The minimum Gasteiger partial charge on any atom is -0.339 e. The van der Waals surface area contributed by atoms with Crippen LogP contribution in [0.25, 0.3) is 5.69 Å². The van der Waals surface area contributed by atoms with Crippen LogP contribution in [0.4, 0.5) is 4.39 Å². The van der Waals surface area contributed by atoms with Gasteiger partial charge in [-0.25, -0.2) is 9.07 Å². The lowest BCUT2D eigenvalue weighted by atomic mass is 10.0. The Morgan fingerprint density at radius 2 is 2.16 bits per heavy atom. The van der Waals surface area contributed by atoms with Gasteiger partial charge in [-0.15, -0.1) is 5.10 Å². The molecule has 1 aliphatic rings. The number of halogens is 1. The molecule has 0 radical (unpaired) electrons. The zero-order chi connectivity index (χ0) is 17.8. The van der Waals surface area contributed by atoms with Crippen LogP contribution >= 0.6 is 35.3 Å². The first-order chi connectivity index (χ1) is 12.1. The van der Waals surface area contributed by atoms with Crippen LogP contribution in [0.5, 0.6) is 0 Å². The van der Waals surface area contributed by atoms with Crippen LogP contribution < -0.4 is 0 Å². The van der Waals surface area contributed by atoms with E-state index in [1.54, 1.807) is 16.8 Å². The first-order valence-electron chi connectivity index (χ1n) is 8.37. The summed E-state index contributed by atoms with van der Waals surface area (Å²) >= 11 is 8.14. The molecular formula is C17H20FN3OS3. The highest BCUT2D eigenvalue weighted by Crippen LogP contribution is 2.26. The second-order valence-electron chi connectivity index (χ2n) is 5.96. The number of hydrogen-bond acceptors (Lipinski definition) is 5. The van der Waals surface area contributed by atoms with Gasteiger partial charge in [-0.2, -0.15) is 0 Å². The number of nitrogens with zero attached hydrogens (tertiary/aromatic N) is 3. The Balaban J connectivity index is 1.66.